The van der Waals surface area contributed by atoms with Crippen LogP contribution >= 0.6 is 0 Å². The van der Waals surface area contributed by atoms with Crippen LogP contribution in [0, 0.1) is 0 Å². The molecule has 36 heavy (non-hydrogen) atoms. The molecule has 0 fully saturated rings. The van der Waals surface area contributed by atoms with Gasteiger partial charge in [0.1, 0.15) is 0 Å². The molecule has 1 aromatic carbocycles. The SMILES string of the molecule is CCCCCCc1ccc(CCCCCCCCCC(=O)O)c(CCCCCCCCCC(=O)O)c1. The van der Waals surface area contributed by atoms with Crippen molar-refractivity contribution in [3.8, 4) is 0 Å². The van der Waals surface area contributed by atoms with Crippen LogP contribution in [-0.2, 0) is 28.9 Å². The van der Waals surface area contributed by atoms with E-state index in [9.17, 15) is 9.59 Å². The molecule has 4 nitrogen and oxygen atoms in total. The summed E-state index contributed by atoms with van der Waals surface area (Å²) in [7, 11) is 0. The molecule has 0 aliphatic rings. The molecule has 206 valence electrons. The summed E-state index contributed by atoms with van der Waals surface area (Å²) in [5.74, 6) is -1.35. The first-order valence-corrected chi connectivity index (χ1v) is 15.1. The highest BCUT2D eigenvalue weighted by Gasteiger charge is 2.06. The van der Waals surface area contributed by atoms with E-state index in [0.717, 1.165) is 38.5 Å². The summed E-state index contributed by atoms with van der Waals surface area (Å²) in [5.41, 5.74) is 4.62. The van der Waals surface area contributed by atoms with E-state index in [-0.39, 0.29) is 0 Å². The van der Waals surface area contributed by atoms with Crippen molar-refractivity contribution in [3.63, 3.8) is 0 Å². The predicted octanol–water partition coefficient (Wildman–Crippen LogP) is 9.31. The minimum atomic E-state index is -0.675. The van der Waals surface area contributed by atoms with Crippen LogP contribution in [0.3, 0.4) is 0 Å². The normalized spacial score (nSPS) is 11.1. The molecule has 0 spiro atoms. The highest BCUT2D eigenvalue weighted by molar-refractivity contribution is 5.66. The second-order valence-corrected chi connectivity index (χ2v) is 10.7. The molecule has 0 unspecified atom stereocenters. The first kappa shape index (κ1) is 32.2. The molecule has 0 saturated carbocycles. The Morgan fingerprint density at radius 1 is 0.528 bits per heavy atom. The van der Waals surface area contributed by atoms with Crippen molar-refractivity contribution in [1.82, 2.24) is 0 Å². The molecule has 4 heteroatoms. The summed E-state index contributed by atoms with van der Waals surface area (Å²) in [6, 6.07) is 7.26. The van der Waals surface area contributed by atoms with Gasteiger partial charge in [-0.3, -0.25) is 9.59 Å². The number of hydrogen-bond acceptors (Lipinski definition) is 2. The van der Waals surface area contributed by atoms with Gasteiger partial charge in [-0.25, -0.2) is 0 Å². The molecule has 1 aromatic rings. The summed E-state index contributed by atoms with van der Waals surface area (Å²) in [5, 5.41) is 17.4. The third kappa shape index (κ3) is 18.4. The summed E-state index contributed by atoms with van der Waals surface area (Å²) in [6.07, 6.45) is 25.4. The Kier molecular flexibility index (Phi) is 20.0. The largest absolute Gasteiger partial charge is 0.481 e. The summed E-state index contributed by atoms with van der Waals surface area (Å²) < 4.78 is 0. The fourth-order valence-corrected chi connectivity index (χ4v) is 5.02. The quantitative estimate of drug-likeness (QED) is 0.131. The topological polar surface area (TPSA) is 74.6 Å². The van der Waals surface area contributed by atoms with Crippen molar-refractivity contribution in [3.05, 3.63) is 34.9 Å². The summed E-state index contributed by atoms with van der Waals surface area (Å²) in [4.78, 5) is 21.2. The van der Waals surface area contributed by atoms with Gasteiger partial charge < -0.3 is 10.2 Å². The van der Waals surface area contributed by atoms with Gasteiger partial charge in [0.15, 0.2) is 0 Å². The lowest BCUT2D eigenvalue weighted by Crippen LogP contribution is -1.99. The molecule has 0 bridgehead atoms. The number of unbranched alkanes of at least 4 members (excludes halogenated alkanes) is 15. The fourth-order valence-electron chi connectivity index (χ4n) is 5.02. The van der Waals surface area contributed by atoms with Crippen LogP contribution < -0.4 is 0 Å². The molecule has 0 heterocycles. The number of hydrogen-bond donors (Lipinski definition) is 2. The molecule has 0 aliphatic heterocycles. The number of aliphatic carboxylic acids is 2. The molecule has 0 aliphatic carbocycles. The van der Waals surface area contributed by atoms with E-state index in [0.29, 0.717) is 12.8 Å². The molecule has 0 amide bonds. The zero-order chi connectivity index (χ0) is 26.3. The zero-order valence-corrected chi connectivity index (χ0v) is 23.2. The van der Waals surface area contributed by atoms with Gasteiger partial charge in [-0.2, -0.15) is 0 Å². The van der Waals surface area contributed by atoms with E-state index in [1.165, 1.54) is 102 Å². The van der Waals surface area contributed by atoms with Crippen LogP contribution in [0.2, 0.25) is 0 Å². The highest BCUT2D eigenvalue weighted by Crippen LogP contribution is 2.21. The number of rotatable bonds is 25. The first-order chi connectivity index (χ1) is 17.5. The minimum absolute atomic E-state index is 0.310. The van der Waals surface area contributed by atoms with Crippen LogP contribution in [0.25, 0.3) is 0 Å². The molecule has 1 rings (SSSR count). The third-order valence-corrected chi connectivity index (χ3v) is 7.26. The van der Waals surface area contributed by atoms with Crippen LogP contribution in [0.4, 0.5) is 0 Å². The Hall–Kier alpha value is -1.84. The van der Waals surface area contributed by atoms with Crippen molar-refractivity contribution in [2.75, 3.05) is 0 Å². The number of carboxylic acid groups (broad SMARTS) is 2. The van der Waals surface area contributed by atoms with Gasteiger partial charge in [-0.1, -0.05) is 109 Å². The highest BCUT2D eigenvalue weighted by atomic mass is 16.4. The van der Waals surface area contributed by atoms with Crippen LogP contribution in [0.15, 0.2) is 18.2 Å². The monoisotopic (exact) mass is 502 g/mol. The Morgan fingerprint density at radius 3 is 1.44 bits per heavy atom. The zero-order valence-electron chi connectivity index (χ0n) is 23.2. The Bertz CT molecular complexity index is 697. The first-order valence-electron chi connectivity index (χ1n) is 15.1. The molecule has 0 atom stereocenters. The molecular formula is C32H54O4. The van der Waals surface area contributed by atoms with Crippen LogP contribution in [-0.4, -0.2) is 22.2 Å². The lowest BCUT2D eigenvalue weighted by molar-refractivity contribution is -0.138. The number of benzene rings is 1. The van der Waals surface area contributed by atoms with Gasteiger partial charge in [0.25, 0.3) is 0 Å². The molecule has 0 aromatic heterocycles. The van der Waals surface area contributed by atoms with Gasteiger partial charge in [0, 0.05) is 12.8 Å². The van der Waals surface area contributed by atoms with Crippen LogP contribution in [0.5, 0.6) is 0 Å². The Morgan fingerprint density at radius 2 is 0.944 bits per heavy atom. The van der Waals surface area contributed by atoms with Crippen molar-refractivity contribution < 1.29 is 19.8 Å². The number of aryl methyl sites for hydroxylation is 3. The van der Waals surface area contributed by atoms with Gasteiger partial charge in [-0.05, 0) is 68.1 Å². The lowest BCUT2D eigenvalue weighted by Gasteiger charge is -2.13. The molecule has 2 N–H and O–H groups in total. The molecule has 0 saturated heterocycles. The van der Waals surface area contributed by atoms with E-state index in [1.807, 2.05) is 0 Å². The van der Waals surface area contributed by atoms with Crippen molar-refractivity contribution in [2.24, 2.45) is 0 Å². The second kappa shape index (κ2) is 22.4. The van der Waals surface area contributed by atoms with E-state index in [4.69, 9.17) is 10.2 Å². The van der Waals surface area contributed by atoms with Crippen molar-refractivity contribution in [1.29, 1.82) is 0 Å². The van der Waals surface area contributed by atoms with Crippen molar-refractivity contribution in [2.45, 2.75) is 155 Å². The minimum Gasteiger partial charge on any atom is -0.481 e. The predicted molar refractivity (Wildman–Crippen MR) is 151 cm³/mol. The second-order valence-electron chi connectivity index (χ2n) is 10.7. The van der Waals surface area contributed by atoms with E-state index in [2.05, 4.69) is 25.1 Å². The van der Waals surface area contributed by atoms with Crippen molar-refractivity contribution >= 4 is 11.9 Å². The Balaban J connectivity index is 2.37. The van der Waals surface area contributed by atoms with E-state index >= 15 is 0 Å². The van der Waals surface area contributed by atoms with Crippen LogP contribution in [0.1, 0.15) is 152 Å². The van der Waals surface area contributed by atoms with Gasteiger partial charge in [-0.15, -0.1) is 0 Å². The van der Waals surface area contributed by atoms with Gasteiger partial charge in [0.05, 0.1) is 0 Å². The third-order valence-electron chi connectivity index (χ3n) is 7.26. The van der Waals surface area contributed by atoms with Gasteiger partial charge >= 0.3 is 11.9 Å². The standard InChI is InChI=1S/C32H54O4/c1-2-3-4-15-20-28-25-26-29(21-16-11-7-5-9-13-18-23-31(33)34)30(27-28)22-17-12-8-6-10-14-19-24-32(35)36/h25-27H,2-24H2,1H3,(H,33,34)(H,35,36). The fraction of sp³-hybridized carbons (Fsp3) is 0.750. The maximum Gasteiger partial charge on any atom is 0.303 e. The lowest BCUT2D eigenvalue weighted by atomic mass is 9.93. The number of carbonyl (C=O) groups is 2. The molecular weight excluding hydrogens is 448 g/mol. The smallest absolute Gasteiger partial charge is 0.303 e. The maximum absolute atomic E-state index is 10.6. The average molecular weight is 503 g/mol. The van der Waals surface area contributed by atoms with E-state index in [1.54, 1.807) is 11.1 Å². The van der Waals surface area contributed by atoms with E-state index < -0.39 is 11.9 Å². The Labute approximate surface area is 221 Å². The van der Waals surface area contributed by atoms with Gasteiger partial charge in [0.2, 0.25) is 0 Å². The average Bonchev–Trinajstić information content (AvgIpc) is 2.85. The number of carboxylic acids is 2. The summed E-state index contributed by atoms with van der Waals surface area (Å²) >= 11 is 0. The molecule has 0 radical (unpaired) electrons. The maximum atomic E-state index is 10.6. The summed E-state index contributed by atoms with van der Waals surface area (Å²) in [6.45, 7) is 2.27.